The van der Waals surface area contributed by atoms with Gasteiger partial charge in [-0.1, -0.05) is 0 Å². The summed E-state index contributed by atoms with van der Waals surface area (Å²) in [5, 5.41) is 1.21. The molecule has 0 aliphatic carbocycles. The summed E-state index contributed by atoms with van der Waals surface area (Å²) < 4.78 is 10.9. The van der Waals surface area contributed by atoms with E-state index in [9.17, 15) is 0 Å². The summed E-state index contributed by atoms with van der Waals surface area (Å²) in [6.07, 6.45) is 3.95. The van der Waals surface area contributed by atoms with Crippen LogP contribution in [0.25, 0.3) is 11.0 Å². The van der Waals surface area contributed by atoms with Crippen LogP contribution >= 0.6 is 0 Å². The lowest BCUT2D eigenvalue weighted by atomic mass is 10.0. The van der Waals surface area contributed by atoms with Crippen molar-refractivity contribution in [3.05, 3.63) is 30.0 Å². The fourth-order valence-corrected chi connectivity index (χ4v) is 1.91. The highest BCUT2D eigenvalue weighted by Gasteiger charge is 2.14. The van der Waals surface area contributed by atoms with Gasteiger partial charge >= 0.3 is 0 Å². The highest BCUT2D eigenvalue weighted by Crippen LogP contribution is 2.32. The van der Waals surface area contributed by atoms with Crippen LogP contribution in [-0.4, -0.2) is 6.61 Å². The smallest absolute Gasteiger partial charge is 0.134 e. The van der Waals surface area contributed by atoms with Gasteiger partial charge in [-0.15, -0.1) is 0 Å². The summed E-state index contributed by atoms with van der Waals surface area (Å²) in [4.78, 5) is 0. The van der Waals surface area contributed by atoms with Crippen LogP contribution in [-0.2, 0) is 6.42 Å². The zero-order valence-electron chi connectivity index (χ0n) is 7.25. The third-order valence-corrected chi connectivity index (χ3v) is 2.53. The Morgan fingerprint density at radius 2 is 2.15 bits per heavy atom. The van der Waals surface area contributed by atoms with E-state index >= 15 is 0 Å². The Hall–Kier alpha value is -1.44. The summed E-state index contributed by atoms with van der Waals surface area (Å²) in [5.74, 6) is 1.03. The third-order valence-electron chi connectivity index (χ3n) is 2.53. The maximum Gasteiger partial charge on any atom is 0.134 e. The summed E-state index contributed by atoms with van der Waals surface area (Å²) in [6, 6.07) is 5.99. The minimum Gasteiger partial charge on any atom is -0.493 e. The van der Waals surface area contributed by atoms with Crippen molar-refractivity contribution >= 4 is 11.0 Å². The molecular weight excluding hydrogens is 164 g/mol. The van der Waals surface area contributed by atoms with Gasteiger partial charge < -0.3 is 9.15 Å². The van der Waals surface area contributed by atoms with Crippen LogP contribution in [0.3, 0.4) is 0 Å². The molecule has 2 heteroatoms. The molecule has 66 valence electrons. The normalized spacial score (nSPS) is 15.4. The molecule has 0 radical (unpaired) electrons. The van der Waals surface area contributed by atoms with E-state index < -0.39 is 0 Å². The predicted molar refractivity (Wildman–Crippen MR) is 50.0 cm³/mol. The molecule has 0 amide bonds. The van der Waals surface area contributed by atoms with E-state index in [2.05, 4.69) is 0 Å². The quantitative estimate of drug-likeness (QED) is 0.612. The molecule has 2 nitrogen and oxygen atoms in total. The molecule has 1 aromatic carbocycles. The zero-order valence-corrected chi connectivity index (χ0v) is 7.25. The van der Waals surface area contributed by atoms with Crippen LogP contribution in [0.2, 0.25) is 0 Å². The van der Waals surface area contributed by atoms with Crippen LogP contribution < -0.4 is 4.74 Å². The molecule has 1 aliphatic heterocycles. The van der Waals surface area contributed by atoms with Crippen LogP contribution in [0, 0.1) is 0 Å². The lowest BCUT2D eigenvalue weighted by Crippen LogP contribution is -2.07. The van der Waals surface area contributed by atoms with Crippen LogP contribution in [0.1, 0.15) is 12.0 Å². The number of hydrogen-bond donors (Lipinski definition) is 0. The van der Waals surface area contributed by atoms with Gasteiger partial charge in [0.05, 0.1) is 12.9 Å². The van der Waals surface area contributed by atoms with Crippen LogP contribution in [0.15, 0.2) is 28.9 Å². The molecule has 0 fully saturated rings. The molecule has 0 N–H and O–H groups in total. The van der Waals surface area contributed by atoms with Gasteiger partial charge in [0.2, 0.25) is 0 Å². The predicted octanol–water partition coefficient (Wildman–Crippen LogP) is 2.76. The average Bonchev–Trinajstić information content (AvgIpc) is 2.65. The Morgan fingerprint density at radius 3 is 3.15 bits per heavy atom. The van der Waals surface area contributed by atoms with Crippen molar-refractivity contribution in [3.63, 3.8) is 0 Å². The van der Waals surface area contributed by atoms with Crippen molar-refractivity contribution in [2.75, 3.05) is 6.61 Å². The number of fused-ring (bicyclic) bond motifs is 3. The molecule has 0 unspecified atom stereocenters. The van der Waals surface area contributed by atoms with E-state index in [1.807, 2.05) is 18.2 Å². The highest BCUT2D eigenvalue weighted by atomic mass is 16.5. The maximum absolute atomic E-state index is 5.56. The van der Waals surface area contributed by atoms with Gasteiger partial charge in [0.15, 0.2) is 0 Å². The van der Waals surface area contributed by atoms with E-state index in [4.69, 9.17) is 9.15 Å². The lowest BCUT2D eigenvalue weighted by molar-refractivity contribution is 0.289. The number of rotatable bonds is 0. The summed E-state index contributed by atoms with van der Waals surface area (Å²) in [6.45, 7) is 0.844. The van der Waals surface area contributed by atoms with Crippen molar-refractivity contribution in [2.24, 2.45) is 0 Å². The minimum absolute atomic E-state index is 0.844. The van der Waals surface area contributed by atoms with Crippen molar-refractivity contribution in [1.82, 2.24) is 0 Å². The summed E-state index contributed by atoms with van der Waals surface area (Å²) >= 11 is 0. The second-order valence-electron chi connectivity index (χ2n) is 3.33. The van der Waals surface area contributed by atoms with Gasteiger partial charge in [-0.25, -0.2) is 0 Å². The molecule has 1 aliphatic rings. The van der Waals surface area contributed by atoms with Crippen LogP contribution in [0.5, 0.6) is 5.75 Å². The summed E-state index contributed by atoms with van der Waals surface area (Å²) in [7, 11) is 0. The average molecular weight is 174 g/mol. The second-order valence-corrected chi connectivity index (χ2v) is 3.33. The van der Waals surface area contributed by atoms with Gasteiger partial charge in [0.1, 0.15) is 11.3 Å². The zero-order chi connectivity index (χ0) is 8.67. The molecule has 0 saturated heterocycles. The molecule has 1 aromatic heterocycles. The van der Waals surface area contributed by atoms with Crippen LogP contribution in [0.4, 0.5) is 0 Å². The Labute approximate surface area is 76.1 Å². The fourth-order valence-electron chi connectivity index (χ4n) is 1.91. The van der Waals surface area contributed by atoms with Crippen molar-refractivity contribution in [2.45, 2.75) is 12.8 Å². The molecule has 13 heavy (non-hydrogen) atoms. The molecule has 2 aromatic rings. The van der Waals surface area contributed by atoms with Gasteiger partial charge in [0.25, 0.3) is 0 Å². The number of ether oxygens (including phenoxy) is 1. The Kier molecular flexibility index (Phi) is 1.36. The van der Waals surface area contributed by atoms with Gasteiger partial charge in [0, 0.05) is 10.9 Å². The Morgan fingerprint density at radius 1 is 1.15 bits per heavy atom. The SMILES string of the molecule is c1cc2c3c(ccc2o1)OCCC3. The largest absolute Gasteiger partial charge is 0.493 e. The van der Waals surface area contributed by atoms with Crippen molar-refractivity contribution in [3.8, 4) is 5.75 Å². The van der Waals surface area contributed by atoms with Crippen molar-refractivity contribution in [1.29, 1.82) is 0 Å². The number of furan rings is 1. The first-order valence-electron chi connectivity index (χ1n) is 4.57. The number of hydrogen-bond acceptors (Lipinski definition) is 2. The number of benzene rings is 1. The molecular formula is C11H10O2. The van der Waals surface area contributed by atoms with E-state index in [1.54, 1.807) is 6.26 Å². The van der Waals surface area contributed by atoms with Gasteiger partial charge in [-0.3, -0.25) is 0 Å². The standard InChI is InChI=1S/C11H10O2/c1-2-8-9-5-7-13-11(9)4-3-10(8)12-6-1/h3-5,7H,1-2,6H2. The molecule has 0 saturated carbocycles. The Balaban J connectivity index is 2.34. The number of aryl methyl sites for hydroxylation is 1. The fraction of sp³-hybridized carbons (Fsp3) is 0.273. The maximum atomic E-state index is 5.56. The van der Waals surface area contributed by atoms with Gasteiger partial charge in [-0.2, -0.15) is 0 Å². The molecule has 0 atom stereocenters. The van der Waals surface area contributed by atoms with E-state index in [-0.39, 0.29) is 0 Å². The first kappa shape index (κ1) is 7.01. The van der Waals surface area contributed by atoms with E-state index in [0.717, 1.165) is 30.8 Å². The first-order valence-corrected chi connectivity index (χ1v) is 4.57. The monoisotopic (exact) mass is 174 g/mol. The van der Waals surface area contributed by atoms with Gasteiger partial charge in [-0.05, 0) is 31.0 Å². The molecule has 0 spiro atoms. The first-order chi connectivity index (χ1) is 6.45. The Bertz CT molecular complexity index is 442. The topological polar surface area (TPSA) is 22.4 Å². The van der Waals surface area contributed by atoms with Crippen molar-refractivity contribution < 1.29 is 9.15 Å². The lowest BCUT2D eigenvalue weighted by Gasteiger charge is -2.17. The second kappa shape index (κ2) is 2.52. The van der Waals surface area contributed by atoms with E-state index in [1.165, 1.54) is 10.9 Å². The highest BCUT2D eigenvalue weighted by molar-refractivity contribution is 5.83. The summed E-state index contributed by atoms with van der Waals surface area (Å²) in [5.41, 5.74) is 2.27. The van der Waals surface area contributed by atoms with E-state index in [0.29, 0.717) is 0 Å². The molecule has 3 rings (SSSR count). The third kappa shape index (κ3) is 0.949. The minimum atomic E-state index is 0.844. The molecule has 2 heterocycles. The molecule has 0 bridgehead atoms.